The van der Waals surface area contributed by atoms with Crippen LogP contribution in [-0.4, -0.2) is 24.5 Å². The number of non-ortho nitro benzene ring substituents is 1. The second-order valence-electron chi connectivity index (χ2n) is 4.77. The first-order valence-corrected chi connectivity index (χ1v) is 6.81. The summed E-state index contributed by atoms with van der Waals surface area (Å²) in [6.07, 6.45) is 0. The average molecular weight is 316 g/mol. The van der Waals surface area contributed by atoms with Crippen LogP contribution in [0, 0.1) is 17.0 Å². The van der Waals surface area contributed by atoms with Crippen LogP contribution in [0.3, 0.4) is 0 Å². The Hall–Kier alpha value is -3.09. The topological polar surface area (TPSA) is 90.7 Å². The van der Waals surface area contributed by atoms with E-state index in [0.29, 0.717) is 17.2 Å². The van der Waals surface area contributed by atoms with Gasteiger partial charge in [-0.1, -0.05) is 12.1 Å². The molecule has 0 radical (unpaired) electrons. The number of ether oxygens (including phenoxy) is 2. The van der Waals surface area contributed by atoms with Gasteiger partial charge >= 0.3 is 0 Å². The molecule has 2 aromatic rings. The van der Waals surface area contributed by atoms with Gasteiger partial charge in [-0.15, -0.1) is 0 Å². The number of nitro groups is 1. The summed E-state index contributed by atoms with van der Waals surface area (Å²) in [5.74, 6) is 0.712. The van der Waals surface area contributed by atoms with E-state index in [4.69, 9.17) is 9.47 Å². The zero-order valence-corrected chi connectivity index (χ0v) is 12.7. The number of hydrogen-bond donors (Lipinski definition) is 1. The highest BCUT2D eigenvalue weighted by molar-refractivity contribution is 5.93. The maximum atomic E-state index is 11.9. The maximum Gasteiger partial charge on any atom is 0.271 e. The summed E-state index contributed by atoms with van der Waals surface area (Å²) in [6.45, 7) is 1.54. The lowest BCUT2D eigenvalue weighted by atomic mass is 10.2. The summed E-state index contributed by atoms with van der Waals surface area (Å²) in [6, 6.07) is 11.2. The molecule has 1 amide bonds. The minimum atomic E-state index is -0.512. The highest BCUT2D eigenvalue weighted by Gasteiger charge is 2.11. The molecule has 2 rings (SSSR count). The van der Waals surface area contributed by atoms with Gasteiger partial charge in [-0.05, 0) is 24.6 Å². The van der Waals surface area contributed by atoms with Crippen LogP contribution < -0.4 is 14.8 Å². The number of carbonyl (C=O) groups is 1. The quantitative estimate of drug-likeness (QED) is 0.653. The fourth-order valence-corrected chi connectivity index (χ4v) is 1.88. The van der Waals surface area contributed by atoms with Crippen molar-refractivity contribution in [2.45, 2.75) is 6.92 Å². The lowest BCUT2D eigenvalue weighted by Gasteiger charge is -2.10. The van der Waals surface area contributed by atoms with Crippen molar-refractivity contribution in [2.75, 3.05) is 19.0 Å². The molecule has 0 aromatic heterocycles. The highest BCUT2D eigenvalue weighted by atomic mass is 16.6. The predicted molar refractivity (Wildman–Crippen MR) is 85.0 cm³/mol. The third kappa shape index (κ3) is 4.44. The number of benzene rings is 2. The molecular weight excluding hydrogens is 300 g/mol. The summed E-state index contributed by atoms with van der Waals surface area (Å²) in [5, 5.41) is 13.4. The largest absolute Gasteiger partial charge is 0.497 e. The molecule has 7 heteroatoms. The van der Waals surface area contributed by atoms with Crippen molar-refractivity contribution < 1.29 is 19.2 Å². The first-order valence-electron chi connectivity index (χ1n) is 6.81. The van der Waals surface area contributed by atoms with E-state index in [0.717, 1.165) is 5.56 Å². The van der Waals surface area contributed by atoms with E-state index in [2.05, 4.69) is 5.32 Å². The van der Waals surface area contributed by atoms with Crippen LogP contribution >= 0.6 is 0 Å². The maximum absolute atomic E-state index is 11.9. The zero-order valence-electron chi connectivity index (χ0n) is 12.7. The van der Waals surface area contributed by atoms with E-state index >= 15 is 0 Å². The average Bonchev–Trinajstić information content (AvgIpc) is 2.55. The molecule has 2 aromatic carbocycles. The van der Waals surface area contributed by atoms with Gasteiger partial charge in [0.1, 0.15) is 11.5 Å². The van der Waals surface area contributed by atoms with Gasteiger partial charge in [-0.3, -0.25) is 14.9 Å². The van der Waals surface area contributed by atoms with Crippen LogP contribution in [0.25, 0.3) is 0 Å². The van der Waals surface area contributed by atoms with Gasteiger partial charge in [0.05, 0.1) is 17.7 Å². The molecule has 0 atom stereocenters. The monoisotopic (exact) mass is 316 g/mol. The minimum Gasteiger partial charge on any atom is -0.497 e. The van der Waals surface area contributed by atoms with Crippen LogP contribution in [0.5, 0.6) is 11.5 Å². The van der Waals surface area contributed by atoms with Crippen LogP contribution in [0.2, 0.25) is 0 Å². The summed E-state index contributed by atoms with van der Waals surface area (Å²) in [4.78, 5) is 22.2. The van der Waals surface area contributed by atoms with Gasteiger partial charge in [0.15, 0.2) is 6.61 Å². The summed E-state index contributed by atoms with van der Waals surface area (Å²) in [7, 11) is 1.54. The molecule has 7 nitrogen and oxygen atoms in total. The number of nitrogens with one attached hydrogen (secondary N) is 1. The fourth-order valence-electron chi connectivity index (χ4n) is 1.88. The number of aryl methyl sites for hydroxylation is 1. The molecule has 1 N–H and O–H groups in total. The van der Waals surface area contributed by atoms with Crippen molar-refractivity contribution in [1.82, 2.24) is 0 Å². The Morgan fingerprint density at radius 1 is 1.22 bits per heavy atom. The molecule has 0 aliphatic carbocycles. The summed E-state index contributed by atoms with van der Waals surface area (Å²) >= 11 is 0. The lowest BCUT2D eigenvalue weighted by Crippen LogP contribution is -2.20. The molecule has 0 saturated heterocycles. The number of rotatable bonds is 6. The molecule has 0 saturated carbocycles. The second kappa shape index (κ2) is 7.26. The van der Waals surface area contributed by atoms with Crippen molar-refractivity contribution in [3.63, 3.8) is 0 Å². The Kier molecular flexibility index (Phi) is 5.14. The van der Waals surface area contributed by atoms with Gasteiger partial charge in [0.2, 0.25) is 0 Å². The molecule has 0 aliphatic heterocycles. The zero-order chi connectivity index (χ0) is 16.8. The van der Waals surface area contributed by atoms with Gasteiger partial charge in [0, 0.05) is 18.2 Å². The predicted octanol–water partition coefficient (Wildman–Crippen LogP) is 2.93. The number of carbonyl (C=O) groups excluding carboxylic acids is 1. The molecule has 23 heavy (non-hydrogen) atoms. The van der Waals surface area contributed by atoms with E-state index in [1.54, 1.807) is 37.3 Å². The summed E-state index contributed by atoms with van der Waals surface area (Å²) < 4.78 is 10.4. The van der Waals surface area contributed by atoms with E-state index in [-0.39, 0.29) is 12.3 Å². The van der Waals surface area contributed by atoms with Gasteiger partial charge in [-0.25, -0.2) is 0 Å². The molecule has 0 heterocycles. The number of hydrogen-bond acceptors (Lipinski definition) is 5. The van der Waals surface area contributed by atoms with Crippen LogP contribution in [-0.2, 0) is 4.79 Å². The smallest absolute Gasteiger partial charge is 0.271 e. The Morgan fingerprint density at radius 2 is 1.96 bits per heavy atom. The molecule has 120 valence electrons. The van der Waals surface area contributed by atoms with Crippen LogP contribution in [0.1, 0.15) is 5.56 Å². The van der Waals surface area contributed by atoms with E-state index in [9.17, 15) is 14.9 Å². The Balaban J connectivity index is 1.99. The van der Waals surface area contributed by atoms with Crippen molar-refractivity contribution in [1.29, 1.82) is 0 Å². The number of nitro benzene ring substituents is 1. The van der Waals surface area contributed by atoms with Gasteiger partial charge in [0.25, 0.3) is 11.6 Å². The number of amides is 1. The van der Waals surface area contributed by atoms with E-state index in [1.165, 1.54) is 19.2 Å². The van der Waals surface area contributed by atoms with Crippen molar-refractivity contribution >= 4 is 17.3 Å². The van der Waals surface area contributed by atoms with Crippen LogP contribution in [0.4, 0.5) is 11.4 Å². The number of nitrogens with zero attached hydrogens (tertiary/aromatic N) is 1. The fraction of sp³-hybridized carbons (Fsp3) is 0.188. The minimum absolute atomic E-state index is 0.0837. The normalized spacial score (nSPS) is 10.0. The van der Waals surface area contributed by atoms with E-state index in [1.807, 2.05) is 0 Å². The molecule has 0 bridgehead atoms. The van der Waals surface area contributed by atoms with E-state index < -0.39 is 10.8 Å². The second-order valence-corrected chi connectivity index (χ2v) is 4.77. The number of methoxy groups -OCH3 is 1. The summed E-state index contributed by atoms with van der Waals surface area (Å²) in [5.41, 5.74) is 1.03. The molecule has 0 spiro atoms. The Bertz CT molecular complexity index is 730. The van der Waals surface area contributed by atoms with Gasteiger partial charge in [-0.2, -0.15) is 0 Å². The first kappa shape index (κ1) is 16.3. The molecule has 0 unspecified atom stereocenters. The third-order valence-electron chi connectivity index (χ3n) is 3.12. The third-order valence-corrected chi connectivity index (χ3v) is 3.12. The van der Waals surface area contributed by atoms with Crippen molar-refractivity contribution in [3.05, 3.63) is 58.1 Å². The highest BCUT2D eigenvalue weighted by Crippen LogP contribution is 2.22. The Labute approximate surface area is 133 Å². The Morgan fingerprint density at radius 3 is 2.65 bits per heavy atom. The van der Waals surface area contributed by atoms with Crippen molar-refractivity contribution in [3.8, 4) is 11.5 Å². The lowest BCUT2D eigenvalue weighted by molar-refractivity contribution is -0.384. The van der Waals surface area contributed by atoms with Crippen LogP contribution in [0.15, 0.2) is 42.5 Å². The molecular formula is C16H16N2O5. The SMILES string of the molecule is COc1cccc(OCC(=O)Nc2cc([N+](=O)[O-])ccc2C)c1. The van der Waals surface area contributed by atoms with Crippen molar-refractivity contribution in [2.24, 2.45) is 0 Å². The first-order chi connectivity index (χ1) is 11.0. The van der Waals surface area contributed by atoms with Gasteiger partial charge < -0.3 is 14.8 Å². The molecule has 0 fully saturated rings. The number of anilines is 1. The standard InChI is InChI=1S/C16H16N2O5/c1-11-6-7-12(18(20)21)8-15(11)17-16(19)10-23-14-5-3-4-13(9-14)22-2/h3-9H,10H2,1-2H3,(H,17,19). The molecule has 0 aliphatic rings.